The summed E-state index contributed by atoms with van der Waals surface area (Å²) in [5.74, 6) is 0.260. The summed E-state index contributed by atoms with van der Waals surface area (Å²) in [5.41, 5.74) is 6.04. The molecule has 32 heavy (non-hydrogen) atoms. The van der Waals surface area contributed by atoms with E-state index in [9.17, 15) is 4.79 Å². The highest BCUT2D eigenvalue weighted by molar-refractivity contribution is 6.24. The van der Waals surface area contributed by atoms with Crippen LogP contribution in [0.1, 0.15) is 32.3 Å². The van der Waals surface area contributed by atoms with E-state index in [1.165, 1.54) is 7.11 Å². The quantitative estimate of drug-likeness (QED) is 0.450. The van der Waals surface area contributed by atoms with Crippen molar-refractivity contribution >= 4 is 17.4 Å². The smallest absolute Gasteiger partial charge is 0.346 e. The fraction of sp³-hybridized carbons (Fsp3) is 0.292. The number of nitrogens with one attached hydrogen (secondary N) is 1. The third-order valence-electron chi connectivity index (χ3n) is 5.78. The van der Waals surface area contributed by atoms with Crippen LogP contribution in [0.25, 0.3) is 28.2 Å². The Bertz CT molecular complexity index is 1180. The van der Waals surface area contributed by atoms with E-state index < -0.39 is 0 Å². The van der Waals surface area contributed by atoms with E-state index in [-0.39, 0.29) is 5.97 Å². The van der Waals surface area contributed by atoms with E-state index in [1.807, 2.05) is 50.4 Å². The Morgan fingerprint density at radius 2 is 1.75 bits per heavy atom. The average Bonchev–Trinajstić information content (AvgIpc) is 3.44. The number of rotatable bonds is 7. The van der Waals surface area contributed by atoms with Gasteiger partial charge in [0.25, 0.3) is 0 Å². The molecule has 2 aromatic carbocycles. The molecule has 3 aromatic rings. The van der Waals surface area contributed by atoms with Crippen LogP contribution in [-0.4, -0.2) is 57.6 Å². The fourth-order valence-corrected chi connectivity index (χ4v) is 4.26. The molecule has 0 fully saturated rings. The number of carbonyl (C=O) groups excluding carboxylic acids is 1. The van der Waals surface area contributed by atoms with E-state index in [4.69, 9.17) is 9.84 Å². The van der Waals surface area contributed by atoms with Gasteiger partial charge in [-0.1, -0.05) is 54.8 Å². The standard InChI is InChI=1S/C24H26N6O2/c1-5-6-15-30(3)22(21(16(2)27-30)24(31)32-4)18-13-11-17(12-14-18)19-9-7-8-10-20(19)23-25-28-29-26-23/h7-14H,5-6,15H2,1-4H3/p+1. The second-order valence-corrected chi connectivity index (χ2v) is 7.99. The van der Waals surface area contributed by atoms with Crippen molar-refractivity contribution < 1.29 is 14.1 Å². The highest BCUT2D eigenvalue weighted by Gasteiger charge is 2.42. The normalized spacial score (nSPS) is 18.1. The fourth-order valence-electron chi connectivity index (χ4n) is 4.26. The van der Waals surface area contributed by atoms with Crippen LogP contribution in [0.2, 0.25) is 0 Å². The molecule has 1 atom stereocenters. The van der Waals surface area contributed by atoms with Gasteiger partial charge in [0, 0.05) is 11.1 Å². The topological polar surface area (TPSA) is 93.1 Å². The van der Waals surface area contributed by atoms with Crippen LogP contribution in [0.3, 0.4) is 0 Å². The molecule has 164 valence electrons. The van der Waals surface area contributed by atoms with Gasteiger partial charge in [-0.05, 0) is 47.0 Å². The molecule has 0 saturated carbocycles. The minimum Gasteiger partial charge on any atom is -0.465 e. The van der Waals surface area contributed by atoms with Crippen molar-refractivity contribution in [2.45, 2.75) is 26.7 Å². The van der Waals surface area contributed by atoms with Crippen molar-refractivity contribution in [3.8, 4) is 22.5 Å². The van der Waals surface area contributed by atoms with Crippen LogP contribution >= 0.6 is 0 Å². The van der Waals surface area contributed by atoms with Gasteiger partial charge in [0.05, 0.1) is 14.2 Å². The number of quaternary nitrogens is 1. The van der Waals surface area contributed by atoms with Gasteiger partial charge >= 0.3 is 5.97 Å². The number of H-pyrrole nitrogens is 1. The van der Waals surface area contributed by atoms with Crippen LogP contribution in [0.5, 0.6) is 0 Å². The Hall–Kier alpha value is -3.65. The molecule has 1 aliphatic heterocycles. The predicted octanol–water partition coefficient (Wildman–Crippen LogP) is 4.05. The molecule has 8 nitrogen and oxygen atoms in total. The first-order chi connectivity index (χ1) is 15.5. The Labute approximate surface area is 187 Å². The number of methoxy groups -OCH3 is 1. The number of hydrogen-bond donors (Lipinski definition) is 1. The Balaban J connectivity index is 1.78. The van der Waals surface area contributed by atoms with E-state index in [0.717, 1.165) is 47.3 Å². The maximum absolute atomic E-state index is 12.6. The number of ether oxygens (including phenoxy) is 1. The highest BCUT2D eigenvalue weighted by Crippen LogP contribution is 2.38. The highest BCUT2D eigenvalue weighted by atomic mass is 16.5. The lowest BCUT2D eigenvalue weighted by Gasteiger charge is -2.27. The van der Waals surface area contributed by atoms with Gasteiger partial charge in [0.1, 0.15) is 17.8 Å². The van der Waals surface area contributed by atoms with Crippen molar-refractivity contribution in [3.05, 3.63) is 59.7 Å². The van der Waals surface area contributed by atoms with Gasteiger partial charge < -0.3 is 4.74 Å². The van der Waals surface area contributed by atoms with Crippen molar-refractivity contribution in [1.29, 1.82) is 0 Å². The predicted molar refractivity (Wildman–Crippen MR) is 123 cm³/mol. The summed E-state index contributed by atoms with van der Waals surface area (Å²) < 4.78 is 5.43. The summed E-state index contributed by atoms with van der Waals surface area (Å²) in [5, 5.41) is 19.1. The average molecular weight is 432 g/mol. The minimum atomic E-state index is -0.355. The zero-order chi connectivity index (χ0) is 22.7. The molecule has 1 aliphatic rings. The molecular weight excluding hydrogens is 404 g/mol. The zero-order valence-electron chi connectivity index (χ0n) is 18.8. The van der Waals surface area contributed by atoms with E-state index in [1.54, 1.807) is 0 Å². The lowest BCUT2D eigenvalue weighted by atomic mass is 9.96. The molecule has 2 heterocycles. The summed E-state index contributed by atoms with van der Waals surface area (Å²) in [6.07, 6.45) is 2.05. The number of carbonyl (C=O) groups is 1. The third kappa shape index (κ3) is 3.85. The van der Waals surface area contributed by atoms with Gasteiger partial charge in [-0.2, -0.15) is 4.59 Å². The monoisotopic (exact) mass is 431 g/mol. The van der Waals surface area contributed by atoms with Crippen molar-refractivity contribution in [3.63, 3.8) is 0 Å². The maximum Gasteiger partial charge on any atom is 0.346 e. The second kappa shape index (κ2) is 8.84. The van der Waals surface area contributed by atoms with Gasteiger partial charge in [-0.25, -0.2) is 9.89 Å². The first kappa shape index (κ1) is 21.6. The zero-order valence-corrected chi connectivity index (χ0v) is 18.8. The van der Waals surface area contributed by atoms with Gasteiger partial charge in [0.2, 0.25) is 0 Å². The first-order valence-corrected chi connectivity index (χ1v) is 10.7. The van der Waals surface area contributed by atoms with E-state index in [0.29, 0.717) is 21.7 Å². The van der Waals surface area contributed by atoms with Crippen molar-refractivity contribution in [2.75, 3.05) is 20.7 Å². The number of aromatic nitrogens is 4. The molecule has 0 radical (unpaired) electrons. The number of nitrogens with zero attached hydrogens (tertiary/aromatic N) is 5. The molecule has 0 saturated heterocycles. The number of esters is 1. The summed E-state index contributed by atoms with van der Waals surface area (Å²) in [6, 6.07) is 16.2. The van der Waals surface area contributed by atoms with Crippen LogP contribution in [0.4, 0.5) is 0 Å². The third-order valence-corrected chi connectivity index (χ3v) is 5.78. The lowest BCUT2D eigenvalue weighted by molar-refractivity contribution is -0.844. The molecular formula is C24H27N6O2+. The Kier molecular flexibility index (Phi) is 5.96. The van der Waals surface area contributed by atoms with Crippen LogP contribution < -0.4 is 0 Å². The SMILES string of the molecule is CCCC[N+]1(C)N=C(C)C(C(=O)OC)=C1c1ccc(-c2ccccc2-c2nnn[nH]2)cc1. The number of hydrogen-bond acceptors (Lipinski definition) is 6. The molecule has 4 rings (SSSR count). The summed E-state index contributed by atoms with van der Waals surface area (Å²) in [6.45, 7) is 4.84. The Morgan fingerprint density at radius 1 is 1.06 bits per heavy atom. The summed E-state index contributed by atoms with van der Waals surface area (Å²) in [7, 11) is 3.46. The molecule has 0 bridgehead atoms. The van der Waals surface area contributed by atoms with Gasteiger partial charge in [-0.15, -0.1) is 5.10 Å². The van der Waals surface area contributed by atoms with Gasteiger partial charge in [0.15, 0.2) is 11.5 Å². The number of aromatic amines is 1. The molecule has 1 unspecified atom stereocenters. The van der Waals surface area contributed by atoms with Crippen LogP contribution in [-0.2, 0) is 9.53 Å². The molecule has 0 aliphatic carbocycles. The largest absolute Gasteiger partial charge is 0.465 e. The molecule has 1 aromatic heterocycles. The molecule has 8 heteroatoms. The lowest BCUT2D eigenvalue weighted by Crippen LogP contribution is -2.36. The summed E-state index contributed by atoms with van der Waals surface area (Å²) in [4.78, 5) is 12.6. The number of benzene rings is 2. The summed E-state index contributed by atoms with van der Waals surface area (Å²) >= 11 is 0. The maximum atomic E-state index is 12.6. The molecule has 0 spiro atoms. The van der Waals surface area contributed by atoms with Gasteiger partial charge in [-0.3, -0.25) is 0 Å². The van der Waals surface area contributed by atoms with Crippen LogP contribution in [0.15, 0.2) is 59.2 Å². The van der Waals surface area contributed by atoms with E-state index in [2.05, 4.69) is 39.7 Å². The van der Waals surface area contributed by atoms with Crippen molar-refractivity contribution in [2.24, 2.45) is 5.10 Å². The minimum absolute atomic E-state index is 0.337. The number of unbranched alkanes of at least 4 members (excludes halogenated alkanes) is 1. The van der Waals surface area contributed by atoms with E-state index >= 15 is 0 Å². The second-order valence-electron chi connectivity index (χ2n) is 7.99. The molecule has 1 N–H and O–H groups in total. The molecule has 0 amide bonds. The van der Waals surface area contributed by atoms with Crippen molar-refractivity contribution in [1.82, 2.24) is 20.6 Å². The Morgan fingerprint density at radius 3 is 2.38 bits per heavy atom. The van der Waals surface area contributed by atoms with Crippen LogP contribution in [0, 0.1) is 0 Å². The first-order valence-electron chi connectivity index (χ1n) is 10.7. The number of tetrazole rings is 1.